The largest absolute Gasteiger partial charge is 0.461 e. The number of ether oxygens (including phenoxy) is 2. The van der Waals surface area contributed by atoms with Gasteiger partial charge in [-0.25, -0.2) is 0 Å². The van der Waals surface area contributed by atoms with E-state index in [4.69, 9.17) is 14.6 Å². The predicted molar refractivity (Wildman–Crippen MR) is 102 cm³/mol. The van der Waals surface area contributed by atoms with Gasteiger partial charge in [-0.15, -0.1) is 13.2 Å². The van der Waals surface area contributed by atoms with Crippen molar-refractivity contribution in [3.05, 3.63) is 25.3 Å². The zero-order chi connectivity index (χ0) is 20.5. The van der Waals surface area contributed by atoms with Crippen LogP contribution < -0.4 is 10.6 Å². The molecule has 0 bridgehead atoms. The van der Waals surface area contributed by atoms with Crippen LogP contribution in [-0.4, -0.2) is 61.9 Å². The molecule has 2 amide bonds. The third-order valence-corrected chi connectivity index (χ3v) is 3.51. The van der Waals surface area contributed by atoms with Crippen LogP contribution in [0.2, 0.25) is 0 Å². The molecule has 8 nitrogen and oxygen atoms in total. The molecule has 2 atom stereocenters. The minimum absolute atomic E-state index is 0.0192. The number of aliphatic hydroxyl groups is 1. The van der Waals surface area contributed by atoms with E-state index in [1.807, 2.05) is 0 Å². The number of allylic oxidation sites excluding steroid dienone is 2. The molecule has 0 spiro atoms. The van der Waals surface area contributed by atoms with Gasteiger partial charge in [0.05, 0.1) is 32.3 Å². The standard InChI is InChI=1S/C19H32N2O6/c1-4-6-8-18(24)27-15(3)14-21-19(25)16(7-5-2)13-17(23)20-9-11-26-12-10-22/h4-5,15-16,22H,1-2,6-14H2,3H3,(H,20,23)(H,21,25)/t15-,16-/m0/s1. The summed E-state index contributed by atoms with van der Waals surface area (Å²) in [5.74, 6) is -1.46. The molecular weight excluding hydrogens is 352 g/mol. The molecule has 0 aromatic carbocycles. The first-order valence-corrected chi connectivity index (χ1v) is 9.08. The van der Waals surface area contributed by atoms with Crippen LogP contribution in [0.1, 0.15) is 32.6 Å². The van der Waals surface area contributed by atoms with Crippen molar-refractivity contribution in [3.8, 4) is 0 Å². The van der Waals surface area contributed by atoms with Gasteiger partial charge in [-0.2, -0.15) is 0 Å². The molecule has 0 fully saturated rings. The lowest BCUT2D eigenvalue weighted by atomic mass is 10.00. The number of aliphatic hydroxyl groups excluding tert-OH is 1. The molecule has 0 aliphatic carbocycles. The maximum Gasteiger partial charge on any atom is 0.306 e. The molecular formula is C19H32N2O6. The van der Waals surface area contributed by atoms with E-state index in [2.05, 4.69) is 23.8 Å². The van der Waals surface area contributed by atoms with Gasteiger partial charge in [-0.05, 0) is 19.8 Å². The average Bonchev–Trinajstić information content (AvgIpc) is 2.63. The lowest BCUT2D eigenvalue weighted by Gasteiger charge is -2.18. The fourth-order valence-electron chi connectivity index (χ4n) is 2.14. The summed E-state index contributed by atoms with van der Waals surface area (Å²) in [6, 6.07) is 0. The third kappa shape index (κ3) is 13.6. The molecule has 0 unspecified atom stereocenters. The number of carbonyl (C=O) groups excluding carboxylic acids is 3. The molecule has 8 heteroatoms. The van der Waals surface area contributed by atoms with Gasteiger partial charge in [0.25, 0.3) is 0 Å². The summed E-state index contributed by atoms with van der Waals surface area (Å²) >= 11 is 0. The third-order valence-electron chi connectivity index (χ3n) is 3.51. The summed E-state index contributed by atoms with van der Waals surface area (Å²) in [7, 11) is 0. The highest BCUT2D eigenvalue weighted by Gasteiger charge is 2.21. The van der Waals surface area contributed by atoms with Gasteiger partial charge in [0, 0.05) is 19.4 Å². The number of carbonyl (C=O) groups is 3. The molecule has 0 aliphatic rings. The molecule has 3 N–H and O–H groups in total. The molecule has 0 rings (SSSR count). The fourth-order valence-corrected chi connectivity index (χ4v) is 2.14. The van der Waals surface area contributed by atoms with E-state index >= 15 is 0 Å². The number of amides is 2. The average molecular weight is 384 g/mol. The van der Waals surface area contributed by atoms with Crippen LogP contribution in [0.15, 0.2) is 25.3 Å². The van der Waals surface area contributed by atoms with Crippen LogP contribution in [0, 0.1) is 5.92 Å². The second-order valence-electron chi connectivity index (χ2n) is 5.98. The first-order valence-electron chi connectivity index (χ1n) is 9.08. The van der Waals surface area contributed by atoms with Crippen molar-refractivity contribution in [2.45, 2.75) is 38.7 Å². The number of nitrogens with one attached hydrogen (secondary N) is 2. The Hall–Kier alpha value is -2.19. The SMILES string of the molecule is C=CCCC(=O)O[C@@H](C)CNC(=O)[C@@H](CC=C)CC(=O)NCCOCCO. The number of esters is 1. The summed E-state index contributed by atoms with van der Waals surface area (Å²) in [5, 5.41) is 14.0. The number of hydrogen-bond acceptors (Lipinski definition) is 6. The Bertz CT molecular complexity index is 481. The van der Waals surface area contributed by atoms with Crippen LogP contribution in [0.3, 0.4) is 0 Å². The van der Waals surface area contributed by atoms with Gasteiger partial charge in [-0.1, -0.05) is 12.2 Å². The zero-order valence-electron chi connectivity index (χ0n) is 16.1. The maximum absolute atomic E-state index is 12.3. The van der Waals surface area contributed by atoms with Crippen molar-refractivity contribution in [2.75, 3.05) is 32.9 Å². The van der Waals surface area contributed by atoms with Crippen LogP contribution >= 0.6 is 0 Å². The van der Waals surface area contributed by atoms with Gasteiger partial charge < -0.3 is 25.2 Å². The molecule has 0 heterocycles. The molecule has 0 aromatic rings. The Morgan fingerprint density at radius 3 is 2.52 bits per heavy atom. The van der Waals surface area contributed by atoms with E-state index in [0.29, 0.717) is 26.0 Å². The first kappa shape index (κ1) is 24.8. The Labute approximate surface area is 161 Å². The summed E-state index contributed by atoms with van der Waals surface area (Å²) in [6.45, 7) is 9.75. The van der Waals surface area contributed by atoms with Gasteiger partial charge >= 0.3 is 5.97 Å². The summed E-state index contributed by atoms with van der Waals surface area (Å²) < 4.78 is 10.2. The highest BCUT2D eigenvalue weighted by Crippen LogP contribution is 2.10. The summed E-state index contributed by atoms with van der Waals surface area (Å²) in [5.41, 5.74) is 0. The topological polar surface area (TPSA) is 114 Å². The highest BCUT2D eigenvalue weighted by molar-refractivity contribution is 5.85. The molecule has 0 aliphatic heterocycles. The van der Waals surface area contributed by atoms with E-state index in [-0.39, 0.29) is 50.4 Å². The van der Waals surface area contributed by atoms with Crippen molar-refractivity contribution < 1.29 is 29.0 Å². The minimum Gasteiger partial charge on any atom is -0.461 e. The van der Waals surface area contributed by atoms with Crippen molar-refractivity contribution in [1.82, 2.24) is 10.6 Å². The molecule has 0 radical (unpaired) electrons. The van der Waals surface area contributed by atoms with E-state index < -0.39 is 12.0 Å². The van der Waals surface area contributed by atoms with Crippen LogP contribution in [0.4, 0.5) is 0 Å². The van der Waals surface area contributed by atoms with Crippen LogP contribution in [-0.2, 0) is 23.9 Å². The molecule has 0 aromatic heterocycles. The lowest BCUT2D eigenvalue weighted by Crippen LogP contribution is -2.39. The van der Waals surface area contributed by atoms with E-state index in [0.717, 1.165) is 0 Å². The van der Waals surface area contributed by atoms with Crippen LogP contribution in [0.25, 0.3) is 0 Å². The van der Waals surface area contributed by atoms with Gasteiger partial charge in [0.2, 0.25) is 11.8 Å². The zero-order valence-corrected chi connectivity index (χ0v) is 16.1. The molecule has 154 valence electrons. The van der Waals surface area contributed by atoms with Crippen molar-refractivity contribution in [2.24, 2.45) is 5.92 Å². The van der Waals surface area contributed by atoms with E-state index in [9.17, 15) is 14.4 Å². The smallest absolute Gasteiger partial charge is 0.306 e. The summed E-state index contributed by atoms with van der Waals surface area (Å²) in [6.07, 6.45) is 3.92. The first-order chi connectivity index (χ1) is 12.9. The molecule has 27 heavy (non-hydrogen) atoms. The second-order valence-corrected chi connectivity index (χ2v) is 5.98. The Kier molecular flexibility index (Phi) is 14.7. The van der Waals surface area contributed by atoms with E-state index in [1.54, 1.807) is 19.1 Å². The predicted octanol–water partition coefficient (Wildman–Crippen LogP) is 0.708. The Balaban J connectivity index is 4.25. The van der Waals surface area contributed by atoms with E-state index in [1.165, 1.54) is 0 Å². The van der Waals surface area contributed by atoms with Crippen molar-refractivity contribution in [3.63, 3.8) is 0 Å². The van der Waals surface area contributed by atoms with Crippen LogP contribution in [0.5, 0.6) is 0 Å². The van der Waals surface area contributed by atoms with Gasteiger partial charge in [-0.3, -0.25) is 14.4 Å². The quantitative estimate of drug-likeness (QED) is 0.205. The fraction of sp³-hybridized carbons (Fsp3) is 0.632. The number of hydrogen-bond donors (Lipinski definition) is 3. The van der Waals surface area contributed by atoms with Gasteiger partial charge in [0.1, 0.15) is 6.10 Å². The van der Waals surface area contributed by atoms with Crippen molar-refractivity contribution >= 4 is 17.8 Å². The monoisotopic (exact) mass is 384 g/mol. The maximum atomic E-state index is 12.3. The second kappa shape index (κ2) is 16.0. The van der Waals surface area contributed by atoms with Gasteiger partial charge in [0.15, 0.2) is 0 Å². The minimum atomic E-state index is -0.551. The molecule has 0 saturated heterocycles. The Morgan fingerprint density at radius 2 is 1.89 bits per heavy atom. The Morgan fingerprint density at radius 1 is 1.15 bits per heavy atom. The highest BCUT2D eigenvalue weighted by atomic mass is 16.5. The lowest BCUT2D eigenvalue weighted by molar-refractivity contribution is -0.148. The number of rotatable bonds is 16. The molecule has 0 saturated carbocycles. The summed E-state index contributed by atoms with van der Waals surface area (Å²) in [4.78, 5) is 35.8. The normalized spacial score (nSPS) is 12.5. The van der Waals surface area contributed by atoms with Crippen molar-refractivity contribution in [1.29, 1.82) is 0 Å².